The van der Waals surface area contributed by atoms with Crippen LogP contribution in [0.1, 0.15) is 39.5 Å². The van der Waals surface area contributed by atoms with Crippen LogP contribution in [0.25, 0.3) is 0 Å². The first-order chi connectivity index (χ1) is 7.59. The van der Waals surface area contributed by atoms with Crippen LogP contribution < -0.4 is 5.32 Å². The fourth-order valence-electron chi connectivity index (χ4n) is 3.03. The molecule has 1 saturated carbocycles. The minimum Gasteiger partial charge on any atom is -0.388 e. The van der Waals surface area contributed by atoms with Crippen molar-refractivity contribution >= 4 is 11.8 Å². The lowest BCUT2D eigenvalue weighted by Gasteiger charge is -2.35. The number of hydrogen-bond donors (Lipinski definition) is 2. The van der Waals surface area contributed by atoms with Gasteiger partial charge in [0.15, 0.2) is 0 Å². The van der Waals surface area contributed by atoms with Crippen molar-refractivity contribution in [3.63, 3.8) is 0 Å². The van der Waals surface area contributed by atoms with Crippen LogP contribution in [-0.2, 0) is 0 Å². The molecule has 2 rings (SSSR count). The Bertz CT molecular complexity index is 228. The molecule has 94 valence electrons. The molecule has 1 heterocycles. The molecule has 1 saturated heterocycles. The quantitative estimate of drug-likeness (QED) is 0.797. The van der Waals surface area contributed by atoms with Crippen LogP contribution in [-0.4, -0.2) is 34.8 Å². The molecule has 2 aliphatic rings. The maximum atomic E-state index is 10.3. The van der Waals surface area contributed by atoms with Crippen molar-refractivity contribution in [1.29, 1.82) is 0 Å². The summed E-state index contributed by atoms with van der Waals surface area (Å²) in [6.07, 6.45) is 4.92. The Labute approximate surface area is 104 Å². The third kappa shape index (κ3) is 3.14. The molecule has 0 aromatic carbocycles. The largest absolute Gasteiger partial charge is 0.388 e. The molecule has 16 heavy (non-hydrogen) atoms. The van der Waals surface area contributed by atoms with Crippen LogP contribution in [0.3, 0.4) is 0 Å². The fraction of sp³-hybridized carbons (Fsp3) is 1.00. The lowest BCUT2D eigenvalue weighted by Crippen LogP contribution is -2.48. The van der Waals surface area contributed by atoms with E-state index in [0.717, 1.165) is 36.3 Å². The molecule has 1 aliphatic carbocycles. The van der Waals surface area contributed by atoms with E-state index in [1.54, 1.807) is 0 Å². The standard InChI is InChI=1S/C13H25NOS/c1-10-3-4-12(11(2)7-10)14-8-13(15)5-6-16-9-13/h10-12,14-15H,3-9H2,1-2H3/t10-,11-,12+,13+/m1/s1. The highest BCUT2D eigenvalue weighted by molar-refractivity contribution is 7.99. The van der Waals surface area contributed by atoms with Crippen molar-refractivity contribution in [2.75, 3.05) is 18.1 Å². The second kappa shape index (κ2) is 5.28. The van der Waals surface area contributed by atoms with E-state index in [9.17, 15) is 5.11 Å². The maximum Gasteiger partial charge on any atom is 0.0869 e. The molecule has 0 unspecified atom stereocenters. The number of hydrogen-bond acceptors (Lipinski definition) is 3. The van der Waals surface area contributed by atoms with Gasteiger partial charge in [-0.1, -0.05) is 13.8 Å². The first kappa shape index (κ1) is 12.7. The van der Waals surface area contributed by atoms with Gasteiger partial charge in [0, 0.05) is 18.3 Å². The van der Waals surface area contributed by atoms with Crippen molar-refractivity contribution in [2.24, 2.45) is 11.8 Å². The Morgan fingerprint density at radius 1 is 1.38 bits per heavy atom. The van der Waals surface area contributed by atoms with Gasteiger partial charge in [-0.2, -0.15) is 11.8 Å². The van der Waals surface area contributed by atoms with Gasteiger partial charge in [-0.25, -0.2) is 0 Å². The van der Waals surface area contributed by atoms with Gasteiger partial charge >= 0.3 is 0 Å². The van der Waals surface area contributed by atoms with Crippen molar-refractivity contribution in [3.8, 4) is 0 Å². The minimum absolute atomic E-state index is 0.423. The molecule has 2 N–H and O–H groups in total. The first-order valence-corrected chi connectivity index (χ1v) is 7.78. The number of nitrogens with one attached hydrogen (secondary N) is 1. The zero-order chi connectivity index (χ0) is 11.6. The van der Waals surface area contributed by atoms with Crippen molar-refractivity contribution < 1.29 is 5.11 Å². The van der Waals surface area contributed by atoms with Crippen molar-refractivity contribution in [1.82, 2.24) is 5.32 Å². The predicted molar refractivity (Wildman–Crippen MR) is 70.9 cm³/mol. The SMILES string of the molecule is C[C@@H]1CC[C@H](NC[C@@]2(O)CCSC2)[C@H](C)C1. The monoisotopic (exact) mass is 243 g/mol. The molecular formula is C13H25NOS. The molecule has 0 amide bonds. The summed E-state index contributed by atoms with van der Waals surface area (Å²) in [5.41, 5.74) is -0.423. The van der Waals surface area contributed by atoms with Gasteiger partial charge < -0.3 is 10.4 Å². The topological polar surface area (TPSA) is 32.3 Å². The number of aliphatic hydroxyl groups is 1. The summed E-state index contributed by atoms with van der Waals surface area (Å²) in [7, 11) is 0. The predicted octanol–water partition coefficient (Wildman–Crippen LogP) is 2.27. The first-order valence-electron chi connectivity index (χ1n) is 6.62. The molecule has 4 atom stereocenters. The Morgan fingerprint density at radius 3 is 2.81 bits per heavy atom. The van der Waals surface area contributed by atoms with Crippen LogP contribution in [0, 0.1) is 11.8 Å². The highest BCUT2D eigenvalue weighted by Crippen LogP contribution is 2.30. The second-order valence-corrected chi connectivity index (χ2v) is 7.02. The molecule has 2 nitrogen and oxygen atoms in total. The van der Waals surface area contributed by atoms with Gasteiger partial charge in [0.1, 0.15) is 0 Å². The van der Waals surface area contributed by atoms with E-state index in [1.165, 1.54) is 19.3 Å². The fourth-order valence-corrected chi connectivity index (χ4v) is 4.32. The van der Waals surface area contributed by atoms with Gasteiger partial charge in [-0.15, -0.1) is 0 Å². The summed E-state index contributed by atoms with van der Waals surface area (Å²) in [5, 5.41) is 13.9. The van der Waals surface area contributed by atoms with E-state index >= 15 is 0 Å². The van der Waals surface area contributed by atoms with E-state index in [0.29, 0.717) is 6.04 Å². The summed E-state index contributed by atoms with van der Waals surface area (Å²) in [5.74, 6) is 3.69. The Morgan fingerprint density at radius 2 is 2.19 bits per heavy atom. The summed E-state index contributed by atoms with van der Waals surface area (Å²) in [4.78, 5) is 0. The zero-order valence-electron chi connectivity index (χ0n) is 10.5. The molecule has 0 spiro atoms. The molecule has 0 radical (unpaired) electrons. The van der Waals surface area contributed by atoms with Crippen LogP contribution in [0.5, 0.6) is 0 Å². The van der Waals surface area contributed by atoms with E-state index in [1.807, 2.05) is 11.8 Å². The average Bonchev–Trinajstić information content (AvgIpc) is 2.64. The average molecular weight is 243 g/mol. The number of rotatable bonds is 3. The van der Waals surface area contributed by atoms with E-state index in [-0.39, 0.29) is 0 Å². The summed E-state index contributed by atoms with van der Waals surface area (Å²) < 4.78 is 0. The highest BCUT2D eigenvalue weighted by atomic mass is 32.2. The Balaban J connectivity index is 1.77. The van der Waals surface area contributed by atoms with Gasteiger partial charge in [-0.05, 0) is 43.3 Å². The molecule has 2 fully saturated rings. The van der Waals surface area contributed by atoms with Crippen LogP contribution in [0.2, 0.25) is 0 Å². The molecule has 0 aromatic rings. The van der Waals surface area contributed by atoms with Crippen LogP contribution >= 0.6 is 11.8 Å². The highest BCUT2D eigenvalue weighted by Gasteiger charge is 2.33. The van der Waals surface area contributed by atoms with E-state index < -0.39 is 5.60 Å². The Hall–Kier alpha value is 0.270. The maximum absolute atomic E-state index is 10.3. The summed E-state index contributed by atoms with van der Waals surface area (Å²) >= 11 is 1.88. The van der Waals surface area contributed by atoms with Gasteiger partial charge in [0.05, 0.1) is 5.60 Å². The van der Waals surface area contributed by atoms with Gasteiger partial charge in [0.25, 0.3) is 0 Å². The third-order valence-corrected chi connectivity index (χ3v) is 5.44. The Kier molecular flexibility index (Phi) is 4.20. The molecule has 0 aromatic heterocycles. The summed E-state index contributed by atoms with van der Waals surface area (Å²) in [6.45, 7) is 5.50. The van der Waals surface area contributed by atoms with Crippen molar-refractivity contribution in [3.05, 3.63) is 0 Å². The summed E-state index contributed by atoms with van der Waals surface area (Å²) in [6, 6.07) is 0.630. The van der Waals surface area contributed by atoms with Gasteiger partial charge in [0.2, 0.25) is 0 Å². The van der Waals surface area contributed by atoms with E-state index in [4.69, 9.17) is 0 Å². The van der Waals surface area contributed by atoms with Gasteiger partial charge in [-0.3, -0.25) is 0 Å². The van der Waals surface area contributed by atoms with Crippen molar-refractivity contribution in [2.45, 2.75) is 51.2 Å². The number of thioether (sulfide) groups is 1. The molecule has 1 aliphatic heterocycles. The lowest BCUT2D eigenvalue weighted by atomic mass is 9.79. The van der Waals surface area contributed by atoms with Crippen LogP contribution in [0.4, 0.5) is 0 Å². The van der Waals surface area contributed by atoms with Crippen LogP contribution in [0.15, 0.2) is 0 Å². The molecular weight excluding hydrogens is 218 g/mol. The lowest BCUT2D eigenvalue weighted by molar-refractivity contribution is 0.0585. The zero-order valence-corrected chi connectivity index (χ0v) is 11.4. The van der Waals surface area contributed by atoms with E-state index in [2.05, 4.69) is 19.2 Å². The second-order valence-electron chi connectivity index (χ2n) is 5.91. The third-order valence-electron chi connectivity index (χ3n) is 4.21. The molecule has 0 bridgehead atoms. The normalized spacial score (nSPS) is 44.8. The molecule has 3 heteroatoms. The minimum atomic E-state index is -0.423. The smallest absolute Gasteiger partial charge is 0.0869 e.